The van der Waals surface area contributed by atoms with Gasteiger partial charge in [0.15, 0.2) is 0 Å². The van der Waals surface area contributed by atoms with Crippen molar-refractivity contribution in [3.05, 3.63) is 45.8 Å². The van der Waals surface area contributed by atoms with E-state index in [4.69, 9.17) is 9.15 Å². The van der Waals surface area contributed by atoms with Gasteiger partial charge in [0.1, 0.15) is 24.3 Å². The number of esters is 1. The smallest absolute Gasteiger partial charge is 0.336 e. The summed E-state index contributed by atoms with van der Waals surface area (Å²) < 4.78 is 10.5. The van der Waals surface area contributed by atoms with Crippen LogP contribution < -0.4 is 10.9 Å². The molecular formula is C21H24N2O6. The van der Waals surface area contributed by atoms with Crippen molar-refractivity contribution in [1.29, 1.82) is 0 Å². The zero-order valence-electron chi connectivity index (χ0n) is 16.7. The fourth-order valence-corrected chi connectivity index (χ4v) is 3.50. The molecule has 0 spiro atoms. The Labute approximate surface area is 167 Å². The molecular weight excluding hydrogens is 376 g/mol. The third-order valence-electron chi connectivity index (χ3n) is 5.43. The number of aryl methyl sites for hydroxylation is 1. The van der Waals surface area contributed by atoms with Crippen LogP contribution in [0.25, 0.3) is 11.0 Å². The van der Waals surface area contributed by atoms with Crippen LogP contribution in [0.5, 0.6) is 0 Å². The zero-order valence-corrected chi connectivity index (χ0v) is 16.7. The number of hydrogen-bond donors (Lipinski definition) is 1. The number of nitrogens with zero attached hydrogens (tertiary/aromatic N) is 1. The molecule has 0 radical (unpaired) electrons. The molecule has 1 aromatic carbocycles. The highest BCUT2D eigenvalue weighted by Crippen LogP contribution is 2.25. The number of nitrogens with one attached hydrogen (secondary N) is 1. The third-order valence-corrected chi connectivity index (χ3v) is 5.43. The number of fused-ring (bicyclic) bond motifs is 1. The van der Waals surface area contributed by atoms with Crippen molar-refractivity contribution >= 4 is 28.9 Å². The van der Waals surface area contributed by atoms with Crippen LogP contribution in [-0.2, 0) is 27.4 Å². The largest absolute Gasteiger partial charge is 0.459 e. The van der Waals surface area contributed by atoms with Crippen molar-refractivity contribution in [2.75, 3.05) is 6.54 Å². The lowest BCUT2D eigenvalue weighted by molar-refractivity contribution is -0.148. The van der Waals surface area contributed by atoms with Gasteiger partial charge in [-0.3, -0.25) is 14.5 Å². The lowest BCUT2D eigenvalue weighted by Crippen LogP contribution is -2.46. The fraction of sp³-hybridized carbons (Fsp3) is 0.429. The summed E-state index contributed by atoms with van der Waals surface area (Å²) in [5.74, 6) is -1.16. The number of benzene rings is 1. The number of rotatable bonds is 7. The summed E-state index contributed by atoms with van der Waals surface area (Å²) in [6.45, 7) is 4.96. The highest BCUT2D eigenvalue weighted by molar-refractivity contribution is 6.08. The van der Waals surface area contributed by atoms with Crippen LogP contribution in [0.1, 0.15) is 44.7 Å². The van der Waals surface area contributed by atoms with Crippen molar-refractivity contribution in [2.24, 2.45) is 0 Å². The standard InChI is InChI=1S/C21H24N2O6/c1-4-13-7-8-15-14(10-17(24)29-16(15)9-13)12-28-18(25)11-23-19(26)21(5-2,6-3)22-20(23)27/h7-10H,4-6,11-12H2,1-3H3,(H,22,27). The Kier molecular flexibility index (Phi) is 5.72. The summed E-state index contributed by atoms with van der Waals surface area (Å²) >= 11 is 0. The molecule has 3 rings (SSSR count). The van der Waals surface area contributed by atoms with Gasteiger partial charge in [-0.25, -0.2) is 9.59 Å². The second-order valence-corrected chi connectivity index (χ2v) is 7.05. The zero-order chi connectivity index (χ0) is 21.2. The molecule has 0 saturated carbocycles. The highest BCUT2D eigenvalue weighted by Gasteiger charge is 2.49. The molecule has 0 unspecified atom stereocenters. The molecule has 0 atom stereocenters. The molecule has 0 aliphatic carbocycles. The van der Waals surface area contributed by atoms with Gasteiger partial charge in [0.2, 0.25) is 0 Å². The number of urea groups is 1. The molecule has 2 heterocycles. The monoisotopic (exact) mass is 400 g/mol. The van der Waals surface area contributed by atoms with Gasteiger partial charge in [-0.05, 0) is 30.9 Å². The van der Waals surface area contributed by atoms with Crippen molar-refractivity contribution in [3.63, 3.8) is 0 Å². The maximum atomic E-state index is 12.6. The Bertz CT molecular complexity index is 1020. The summed E-state index contributed by atoms with van der Waals surface area (Å²) in [4.78, 5) is 49.7. The van der Waals surface area contributed by atoms with Crippen molar-refractivity contribution < 1.29 is 23.5 Å². The number of carbonyl (C=O) groups excluding carboxylic acids is 3. The maximum Gasteiger partial charge on any atom is 0.336 e. The van der Waals surface area contributed by atoms with Crippen molar-refractivity contribution in [2.45, 2.75) is 52.2 Å². The molecule has 3 amide bonds. The average molecular weight is 400 g/mol. The van der Waals surface area contributed by atoms with E-state index in [1.54, 1.807) is 19.9 Å². The number of amides is 3. The van der Waals surface area contributed by atoms with Crippen LogP contribution in [0.15, 0.2) is 33.5 Å². The van der Waals surface area contributed by atoms with Crippen LogP contribution in [0, 0.1) is 0 Å². The lowest BCUT2D eigenvalue weighted by atomic mass is 9.93. The van der Waals surface area contributed by atoms with Crippen LogP contribution >= 0.6 is 0 Å². The minimum absolute atomic E-state index is 0.164. The van der Waals surface area contributed by atoms with E-state index < -0.39 is 35.6 Å². The highest BCUT2D eigenvalue weighted by atomic mass is 16.5. The quantitative estimate of drug-likeness (QED) is 0.435. The molecule has 8 heteroatoms. The third kappa shape index (κ3) is 3.87. The molecule has 29 heavy (non-hydrogen) atoms. The molecule has 2 aromatic rings. The first-order valence-electron chi connectivity index (χ1n) is 9.69. The van der Waals surface area contributed by atoms with Crippen molar-refractivity contribution in [1.82, 2.24) is 10.2 Å². The second kappa shape index (κ2) is 8.06. The average Bonchev–Trinajstić information content (AvgIpc) is 2.95. The summed E-state index contributed by atoms with van der Waals surface area (Å²) in [5.41, 5.74) is 0.432. The second-order valence-electron chi connectivity index (χ2n) is 7.05. The molecule has 154 valence electrons. The fourth-order valence-electron chi connectivity index (χ4n) is 3.50. The van der Waals surface area contributed by atoms with Gasteiger partial charge in [-0.2, -0.15) is 0 Å². The minimum atomic E-state index is -0.969. The summed E-state index contributed by atoms with van der Waals surface area (Å²) in [6.07, 6.45) is 1.66. The molecule has 1 N–H and O–H groups in total. The Hall–Kier alpha value is -3.16. The van der Waals surface area contributed by atoms with Crippen LogP contribution in [0.3, 0.4) is 0 Å². The molecule has 1 aliphatic rings. The van der Waals surface area contributed by atoms with E-state index in [-0.39, 0.29) is 6.61 Å². The topological polar surface area (TPSA) is 106 Å². The van der Waals surface area contributed by atoms with E-state index >= 15 is 0 Å². The first kappa shape index (κ1) is 20.6. The summed E-state index contributed by atoms with van der Waals surface area (Å²) in [7, 11) is 0. The molecule has 1 saturated heterocycles. The minimum Gasteiger partial charge on any atom is -0.459 e. The van der Waals surface area contributed by atoms with E-state index in [9.17, 15) is 19.2 Å². The number of carbonyl (C=O) groups is 3. The Morgan fingerprint density at radius 1 is 1.14 bits per heavy atom. The molecule has 1 aliphatic heterocycles. The van der Waals surface area contributed by atoms with Gasteiger partial charge in [-0.15, -0.1) is 0 Å². The number of hydrogen-bond acceptors (Lipinski definition) is 6. The van der Waals surface area contributed by atoms with Gasteiger partial charge in [-0.1, -0.05) is 32.9 Å². The van der Waals surface area contributed by atoms with E-state index in [2.05, 4.69) is 5.32 Å². The maximum absolute atomic E-state index is 12.6. The first-order chi connectivity index (χ1) is 13.8. The lowest BCUT2D eigenvalue weighted by Gasteiger charge is -2.22. The van der Waals surface area contributed by atoms with Crippen LogP contribution in [0.4, 0.5) is 4.79 Å². The Morgan fingerprint density at radius 3 is 2.48 bits per heavy atom. The van der Waals surface area contributed by atoms with Gasteiger partial charge in [0.25, 0.3) is 5.91 Å². The normalized spacial score (nSPS) is 15.6. The summed E-state index contributed by atoms with van der Waals surface area (Å²) in [5, 5.41) is 3.33. The Balaban J connectivity index is 1.72. The van der Waals surface area contributed by atoms with Gasteiger partial charge in [0.05, 0.1) is 0 Å². The molecule has 8 nitrogen and oxygen atoms in total. The van der Waals surface area contributed by atoms with E-state index in [0.29, 0.717) is 29.4 Å². The van der Waals surface area contributed by atoms with Gasteiger partial charge >= 0.3 is 17.6 Å². The van der Waals surface area contributed by atoms with E-state index in [1.165, 1.54) is 6.07 Å². The van der Waals surface area contributed by atoms with Gasteiger partial charge in [0, 0.05) is 17.0 Å². The van der Waals surface area contributed by atoms with Crippen LogP contribution in [0.2, 0.25) is 0 Å². The first-order valence-corrected chi connectivity index (χ1v) is 9.69. The molecule has 0 bridgehead atoms. The molecule has 1 aromatic heterocycles. The Morgan fingerprint density at radius 2 is 1.86 bits per heavy atom. The van der Waals surface area contributed by atoms with Crippen LogP contribution in [-0.4, -0.2) is 34.9 Å². The number of imide groups is 1. The van der Waals surface area contributed by atoms with E-state index in [0.717, 1.165) is 16.9 Å². The number of ether oxygens (including phenoxy) is 1. The summed E-state index contributed by atoms with van der Waals surface area (Å²) in [6, 6.07) is 6.18. The predicted molar refractivity (Wildman–Crippen MR) is 105 cm³/mol. The predicted octanol–water partition coefficient (Wildman–Crippen LogP) is 2.51. The molecule has 1 fully saturated rings. The van der Waals surface area contributed by atoms with Crippen molar-refractivity contribution in [3.8, 4) is 0 Å². The van der Waals surface area contributed by atoms with Gasteiger partial charge < -0.3 is 14.5 Å². The SMILES string of the molecule is CCc1ccc2c(COC(=O)CN3C(=O)NC(CC)(CC)C3=O)cc(=O)oc2c1. The van der Waals surface area contributed by atoms with E-state index in [1.807, 2.05) is 19.1 Å².